The minimum Gasteiger partial charge on any atom is -0.387 e. The first-order valence-corrected chi connectivity index (χ1v) is 6.07. The van der Waals surface area contributed by atoms with Crippen molar-refractivity contribution in [2.75, 3.05) is 37.9 Å². The third kappa shape index (κ3) is 5.69. The largest absolute Gasteiger partial charge is 0.433 e. The Morgan fingerprint density at radius 2 is 1.95 bits per heavy atom. The molecule has 0 saturated carbocycles. The van der Waals surface area contributed by atoms with E-state index in [1.807, 2.05) is 5.43 Å². The number of nitrogens with one attached hydrogen (secondary N) is 2. The number of nitrogens with two attached hydrogens (primary N) is 1. The molecule has 7 nitrogen and oxygen atoms in total. The van der Waals surface area contributed by atoms with Crippen LogP contribution in [0.5, 0.6) is 0 Å². The van der Waals surface area contributed by atoms with E-state index in [1.54, 1.807) is 25.9 Å². The Morgan fingerprint density at radius 1 is 1.33 bits per heavy atom. The summed E-state index contributed by atoms with van der Waals surface area (Å²) < 4.78 is 38.1. The van der Waals surface area contributed by atoms with E-state index in [0.29, 0.717) is 6.54 Å². The second-order valence-corrected chi connectivity index (χ2v) is 5.19. The molecule has 1 atom stereocenters. The molecule has 0 spiro atoms. The summed E-state index contributed by atoms with van der Waals surface area (Å²) in [6.45, 7) is 1.91. The van der Waals surface area contributed by atoms with Crippen molar-refractivity contribution in [3.05, 3.63) is 11.8 Å². The average Bonchev–Trinajstić information content (AvgIpc) is 2.33. The molecule has 5 N–H and O–H groups in total. The average molecular weight is 308 g/mol. The number of hydrazine groups is 1. The number of rotatable bonds is 6. The summed E-state index contributed by atoms with van der Waals surface area (Å²) in [5.41, 5.74) is -0.284. The molecule has 1 aromatic heterocycles. The molecule has 0 amide bonds. The van der Waals surface area contributed by atoms with Crippen molar-refractivity contribution in [2.24, 2.45) is 5.84 Å². The van der Waals surface area contributed by atoms with Crippen LogP contribution >= 0.6 is 0 Å². The van der Waals surface area contributed by atoms with Crippen molar-refractivity contribution in [3.63, 3.8) is 0 Å². The van der Waals surface area contributed by atoms with Crippen molar-refractivity contribution in [3.8, 4) is 0 Å². The Bertz CT molecular complexity index is 478. The van der Waals surface area contributed by atoms with Crippen LogP contribution in [0.2, 0.25) is 0 Å². The van der Waals surface area contributed by atoms with Crippen molar-refractivity contribution < 1.29 is 18.3 Å². The van der Waals surface area contributed by atoms with E-state index in [9.17, 15) is 18.3 Å². The lowest BCUT2D eigenvalue weighted by Gasteiger charge is -2.27. The lowest BCUT2D eigenvalue weighted by molar-refractivity contribution is -0.141. The molecule has 0 fully saturated rings. The molecule has 1 rings (SSSR count). The fourth-order valence-electron chi connectivity index (χ4n) is 1.77. The quantitative estimate of drug-likeness (QED) is 0.449. The lowest BCUT2D eigenvalue weighted by atomic mass is 10.1. The second-order valence-electron chi connectivity index (χ2n) is 5.19. The third-order valence-corrected chi connectivity index (χ3v) is 2.45. The normalized spacial score (nSPS) is 14.9. The highest BCUT2D eigenvalue weighted by Crippen LogP contribution is 2.29. The number of halogens is 3. The number of aliphatic hydroxyl groups is 1. The standard InChI is InChI=1S/C11H19F3N6O/c1-10(21,6-20(2)3)5-16-8-4-7(11(12,13)14)17-9(18-8)19-15/h4,21H,5-6,15H2,1-3H3,(H2,16,17,18,19). The van der Waals surface area contributed by atoms with Gasteiger partial charge in [-0.3, -0.25) is 5.43 Å². The number of aromatic nitrogens is 2. The van der Waals surface area contributed by atoms with Crippen LogP contribution in [0.1, 0.15) is 12.6 Å². The number of alkyl halides is 3. The maximum Gasteiger partial charge on any atom is 0.433 e. The molecule has 0 aromatic carbocycles. The highest BCUT2D eigenvalue weighted by atomic mass is 19.4. The van der Waals surface area contributed by atoms with Crippen molar-refractivity contribution in [1.29, 1.82) is 0 Å². The van der Waals surface area contributed by atoms with Gasteiger partial charge in [0.2, 0.25) is 5.95 Å². The van der Waals surface area contributed by atoms with E-state index < -0.39 is 17.5 Å². The molecule has 0 radical (unpaired) electrons. The van der Waals surface area contributed by atoms with Gasteiger partial charge in [-0.25, -0.2) is 10.8 Å². The summed E-state index contributed by atoms with van der Waals surface area (Å²) in [5, 5.41) is 12.7. The molecule has 1 unspecified atom stereocenters. The molecular weight excluding hydrogens is 289 g/mol. The minimum atomic E-state index is -4.61. The van der Waals surface area contributed by atoms with Gasteiger partial charge < -0.3 is 15.3 Å². The molecule has 0 saturated heterocycles. The number of nitrogen functional groups attached to an aromatic ring is 1. The van der Waals surface area contributed by atoms with E-state index in [-0.39, 0.29) is 18.3 Å². The molecule has 120 valence electrons. The molecule has 0 bridgehead atoms. The summed E-state index contributed by atoms with van der Waals surface area (Å²) in [5.74, 6) is 4.61. The van der Waals surface area contributed by atoms with E-state index >= 15 is 0 Å². The van der Waals surface area contributed by atoms with Crippen LogP contribution in [-0.2, 0) is 6.18 Å². The van der Waals surface area contributed by atoms with Crippen LogP contribution in [0.25, 0.3) is 0 Å². The maximum atomic E-state index is 12.7. The summed E-state index contributed by atoms with van der Waals surface area (Å²) in [6.07, 6.45) is -4.61. The first kappa shape index (κ1) is 17.4. The van der Waals surface area contributed by atoms with E-state index in [0.717, 1.165) is 6.07 Å². The number of hydrogen-bond donors (Lipinski definition) is 4. The zero-order valence-corrected chi connectivity index (χ0v) is 12.0. The van der Waals surface area contributed by atoms with Crippen LogP contribution in [0.3, 0.4) is 0 Å². The van der Waals surface area contributed by atoms with Gasteiger partial charge in [-0.15, -0.1) is 0 Å². The van der Waals surface area contributed by atoms with Crippen LogP contribution < -0.4 is 16.6 Å². The summed E-state index contributed by atoms with van der Waals surface area (Å²) >= 11 is 0. The van der Waals surface area contributed by atoms with Crippen LogP contribution in [0.4, 0.5) is 24.9 Å². The van der Waals surface area contributed by atoms with Gasteiger partial charge in [-0.2, -0.15) is 18.2 Å². The lowest BCUT2D eigenvalue weighted by Crippen LogP contribution is -2.43. The van der Waals surface area contributed by atoms with Crippen molar-refractivity contribution in [2.45, 2.75) is 18.7 Å². The van der Waals surface area contributed by atoms with Gasteiger partial charge in [0.1, 0.15) is 5.82 Å². The van der Waals surface area contributed by atoms with Crippen LogP contribution in [0, 0.1) is 0 Å². The molecule has 1 aromatic rings. The van der Waals surface area contributed by atoms with E-state index in [1.165, 1.54) is 0 Å². The fourth-order valence-corrected chi connectivity index (χ4v) is 1.77. The molecule has 1 heterocycles. The molecule has 0 aliphatic carbocycles. The maximum absolute atomic E-state index is 12.7. The van der Waals surface area contributed by atoms with Gasteiger partial charge in [0.15, 0.2) is 5.69 Å². The molecular formula is C11H19F3N6O. The number of likely N-dealkylation sites (N-methyl/N-ethyl adjacent to an activating group) is 1. The zero-order valence-electron chi connectivity index (χ0n) is 12.0. The SMILES string of the molecule is CN(C)CC(C)(O)CNc1cc(C(F)(F)F)nc(NN)n1. The Balaban J connectivity index is 2.88. The molecule has 0 aliphatic heterocycles. The van der Waals surface area contributed by atoms with E-state index in [2.05, 4.69) is 15.3 Å². The van der Waals surface area contributed by atoms with Gasteiger partial charge in [0, 0.05) is 19.2 Å². The first-order valence-electron chi connectivity index (χ1n) is 6.07. The Morgan fingerprint density at radius 3 is 2.43 bits per heavy atom. The van der Waals surface area contributed by atoms with Crippen molar-refractivity contribution in [1.82, 2.24) is 14.9 Å². The van der Waals surface area contributed by atoms with Gasteiger partial charge in [0.05, 0.1) is 5.60 Å². The summed E-state index contributed by atoms with van der Waals surface area (Å²) in [4.78, 5) is 8.76. The minimum absolute atomic E-state index is 0.0174. The van der Waals surface area contributed by atoms with E-state index in [4.69, 9.17) is 5.84 Å². The number of anilines is 2. The smallest absolute Gasteiger partial charge is 0.387 e. The van der Waals surface area contributed by atoms with Gasteiger partial charge in [0.25, 0.3) is 0 Å². The zero-order chi connectivity index (χ0) is 16.3. The predicted molar refractivity (Wildman–Crippen MR) is 72.5 cm³/mol. The van der Waals surface area contributed by atoms with Gasteiger partial charge >= 0.3 is 6.18 Å². The highest BCUT2D eigenvalue weighted by Gasteiger charge is 2.34. The third-order valence-electron chi connectivity index (χ3n) is 2.45. The number of nitrogens with zero attached hydrogens (tertiary/aromatic N) is 3. The van der Waals surface area contributed by atoms with Crippen LogP contribution in [-0.4, -0.2) is 52.8 Å². The Kier molecular flexibility index (Phi) is 5.31. The second kappa shape index (κ2) is 6.41. The predicted octanol–water partition coefficient (Wildman–Crippen LogP) is 0.505. The van der Waals surface area contributed by atoms with Crippen LogP contribution in [0.15, 0.2) is 6.07 Å². The molecule has 21 heavy (non-hydrogen) atoms. The Labute approximate surface area is 120 Å². The first-order chi connectivity index (χ1) is 9.53. The topological polar surface area (TPSA) is 99.3 Å². The monoisotopic (exact) mass is 308 g/mol. The fraction of sp³-hybridized carbons (Fsp3) is 0.636. The van der Waals surface area contributed by atoms with Gasteiger partial charge in [-0.05, 0) is 21.0 Å². The Hall–Kier alpha value is -1.65. The summed E-state index contributed by atoms with van der Waals surface area (Å²) in [7, 11) is 3.55. The van der Waals surface area contributed by atoms with Gasteiger partial charge in [-0.1, -0.05) is 0 Å². The van der Waals surface area contributed by atoms with Crippen molar-refractivity contribution >= 4 is 11.8 Å². The molecule has 0 aliphatic rings. The highest BCUT2D eigenvalue weighted by molar-refractivity contribution is 5.42. The summed E-state index contributed by atoms with van der Waals surface area (Å²) in [6, 6.07) is 0.757. The number of hydrogen-bond acceptors (Lipinski definition) is 7. The molecule has 10 heteroatoms.